The minimum atomic E-state index is -1.11. The fourth-order valence-corrected chi connectivity index (χ4v) is 1.95. The Morgan fingerprint density at radius 2 is 2.29 bits per heavy atom. The molecule has 4 heteroatoms. The van der Waals surface area contributed by atoms with Gasteiger partial charge in [-0.05, 0) is 42.9 Å². The second kappa shape index (κ2) is 4.73. The molecule has 1 unspecified atom stereocenters. The molecule has 1 atom stereocenters. The van der Waals surface area contributed by atoms with Gasteiger partial charge in [-0.2, -0.15) is 0 Å². The molecule has 1 saturated carbocycles. The van der Waals surface area contributed by atoms with Crippen molar-refractivity contribution in [1.82, 2.24) is 0 Å². The highest BCUT2D eigenvalue weighted by atomic mass is 19.1. The summed E-state index contributed by atoms with van der Waals surface area (Å²) in [4.78, 5) is 11.0. The lowest BCUT2D eigenvalue weighted by molar-refractivity contribution is 0.0697. The Hall–Kier alpha value is -1.58. The Bertz CT molecular complexity index is 429. The summed E-state index contributed by atoms with van der Waals surface area (Å²) >= 11 is 0. The van der Waals surface area contributed by atoms with Gasteiger partial charge < -0.3 is 10.4 Å². The van der Waals surface area contributed by atoms with Gasteiger partial charge in [0.25, 0.3) is 0 Å². The van der Waals surface area contributed by atoms with E-state index in [0.717, 1.165) is 18.5 Å². The lowest BCUT2D eigenvalue weighted by Gasteiger charge is -2.14. The quantitative estimate of drug-likeness (QED) is 0.827. The molecule has 1 aromatic rings. The van der Waals surface area contributed by atoms with Crippen LogP contribution in [0.15, 0.2) is 18.2 Å². The van der Waals surface area contributed by atoms with Crippen LogP contribution < -0.4 is 5.32 Å². The molecule has 0 aromatic heterocycles. The molecule has 1 aliphatic rings. The summed E-state index contributed by atoms with van der Waals surface area (Å²) in [7, 11) is 0. The highest BCUT2D eigenvalue weighted by Gasteiger charge is 2.27. The van der Waals surface area contributed by atoms with Crippen molar-refractivity contribution in [3.05, 3.63) is 29.6 Å². The Kier molecular flexibility index (Phi) is 3.31. The molecule has 0 amide bonds. The van der Waals surface area contributed by atoms with Gasteiger partial charge in [0.05, 0.1) is 5.56 Å². The molecule has 1 fully saturated rings. The number of anilines is 1. The van der Waals surface area contributed by atoms with Gasteiger partial charge in [-0.1, -0.05) is 6.92 Å². The summed E-state index contributed by atoms with van der Waals surface area (Å²) in [6.07, 6.45) is 2.52. The number of rotatable bonds is 5. The van der Waals surface area contributed by atoms with Crippen LogP contribution >= 0.6 is 0 Å². The first-order valence-electron chi connectivity index (χ1n) is 5.84. The van der Waals surface area contributed by atoms with E-state index >= 15 is 0 Å². The first kappa shape index (κ1) is 11.9. The van der Waals surface area contributed by atoms with Crippen LogP contribution in [-0.4, -0.2) is 17.6 Å². The van der Waals surface area contributed by atoms with Crippen molar-refractivity contribution in [2.45, 2.75) is 19.8 Å². The predicted octanol–water partition coefficient (Wildman–Crippen LogP) is 2.98. The third-order valence-electron chi connectivity index (χ3n) is 3.25. The van der Waals surface area contributed by atoms with Crippen LogP contribution in [0.25, 0.3) is 0 Å². The molecule has 0 radical (unpaired) electrons. The van der Waals surface area contributed by atoms with Crippen molar-refractivity contribution in [2.24, 2.45) is 11.8 Å². The fourth-order valence-electron chi connectivity index (χ4n) is 1.95. The Balaban J connectivity index is 2.06. The van der Waals surface area contributed by atoms with Gasteiger partial charge in [-0.25, -0.2) is 9.18 Å². The molecule has 3 nitrogen and oxygen atoms in total. The Morgan fingerprint density at radius 3 is 2.88 bits per heavy atom. The molecular weight excluding hydrogens is 221 g/mol. The molecule has 1 aliphatic carbocycles. The Labute approximate surface area is 99.7 Å². The Morgan fingerprint density at radius 1 is 1.59 bits per heavy atom. The van der Waals surface area contributed by atoms with Crippen molar-refractivity contribution < 1.29 is 14.3 Å². The summed E-state index contributed by atoms with van der Waals surface area (Å²) in [5.74, 6) is -0.341. The highest BCUT2D eigenvalue weighted by Crippen LogP contribution is 2.36. The van der Waals surface area contributed by atoms with E-state index in [1.807, 2.05) is 0 Å². The van der Waals surface area contributed by atoms with Crippen LogP contribution in [0.2, 0.25) is 0 Å². The van der Waals surface area contributed by atoms with E-state index in [9.17, 15) is 9.18 Å². The van der Waals surface area contributed by atoms with E-state index in [0.29, 0.717) is 11.6 Å². The van der Waals surface area contributed by atoms with E-state index in [2.05, 4.69) is 12.2 Å². The molecule has 0 aliphatic heterocycles. The average Bonchev–Trinajstić information content (AvgIpc) is 3.10. The number of hydrogen-bond acceptors (Lipinski definition) is 2. The highest BCUT2D eigenvalue weighted by molar-refractivity contribution is 5.94. The zero-order valence-corrected chi connectivity index (χ0v) is 9.74. The van der Waals surface area contributed by atoms with E-state index < -0.39 is 11.8 Å². The van der Waals surface area contributed by atoms with Crippen LogP contribution in [0.5, 0.6) is 0 Å². The summed E-state index contributed by atoms with van der Waals surface area (Å²) < 4.78 is 13.0. The summed E-state index contributed by atoms with van der Waals surface area (Å²) in [5, 5.41) is 12.1. The van der Waals surface area contributed by atoms with Crippen LogP contribution in [0, 0.1) is 17.7 Å². The number of hydrogen-bond donors (Lipinski definition) is 2. The summed E-state index contributed by atoms with van der Waals surface area (Å²) in [5.41, 5.74) is 0.486. The maximum absolute atomic E-state index is 13.0. The standard InChI is InChI=1S/C13H16FNO2/c1-8(9-2-3-9)7-15-12-5-4-10(14)6-11(12)13(16)17/h4-6,8-9,15H,2-3,7H2,1H3,(H,16,17). The van der Waals surface area contributed by atoms with Gasteiger partial charge in [0.1, 0.15) is 5.82 Å². The third kappa shape index (κ3) is 2.96. The van der Waals surface area contributed by atoms with Crippen molar-refractivity contribution in [3.63, 3.8) is 0 Å². The van der Waals surface area contributed by atoms with Gasteiger partial charge in [0.2, 0.25) is 0 Å². The number of benzene rings is 1. The number of nitrogens with one attached hydrogen (secondary N) is 1. The minimum Gasteiger partial charge on any atom is -0.478 e. The molecule has 2 N–H and O–H groups in total. The maximum Gasteiger partial charge on any atom is 0.337 e. The first-order chi connectivity index (χ1) is 8.08. The minimum absolute atomic E-state index is 0.00648. The second-order valence-electron chi connectivity index (χ2n) is 4.69. The molecular formula is C13H16FNO2. The van der Waals surface area contributed by atoms with Gasteiger partial charge in [0.15, 0.2) is 0 Å². The number of halogens is 1. The van der Waals surface area contributed by atoms with Crippen molar-refractivity contribution >= 4 is 11.7 Å². The molecule has 17 heavy (non-hydrogen) atoms. The number of carboxylic acids is 1. The third-order valence-corrected chi connectivity index (χ3v) is 3.25. The van der Waals surface area contributed by atoms with Gasteiger partial charge >= 0.3 is 5.97 Å². The van der Waals surface area contributed by atoms with Crippen LogP contribution in [0.1, 0.15) is 30.1 Å². The predicted molar refractivity (Wildman–Crippen MR) is 63.7 cm³/mol. The van der Waals surface area contributed by atoms with E-state index in [1.54, 1.807) is 0 Å². The molecule has 2 rings (SSSR count). The molecule has 0 saturated heterocycles. The topological polar surface area (TPSA) is 49.3 Å². The van der Waals surface area contributed by atoms with Crippen molar-refractivity contribution in [3.8, 4) is 0 Å². The molecule has 0 bridgehead atoms. The van der Waals surface area contributed by atoms with E-state index in [4.69, 9.17) is 5.11 Å². The zero-order valence-electron chi connectivity index (χ0n) is 9.74. The lowest BCUT2D eigenvalue weighted by atomic mass is 10.1. The lowest BCUT2D eigenvalue weighted by Crippen LogP contribution is -2.15. The van der Waals surface area contributed by atoms with E-state index in [-0.39, 0.29) is 5.56 Å². The van der Waals surface area contributed by atoms with Gasteiger partial charge in [-0.3, -0.25) is 0 Å². The van der Waals surface area contributed by atoms with Gasteiger partial charge in [0, 0.05) is 12.2 Å². The van der Waals surface area contributed by atoms with Crippen LogP contribution in [0.3, 0.4) is 0 Å². The SMILES string of the molecule is CC(CNc1ccc(F)cc1C(=O)O)C1CC1. The smallest absolute Gasteiger partial charge is 0.337 e. The summed E-state index contributed by atoms with van der Waals surface area (Å²) in [6.45, 7) is 2.88. The van der Waals surface area contributed by atoms with Crippen LogP contribution in [-0.2, 0) is 0 Å². The largest absolute Gasteiger partial charge is 0.478 e. The monoisotopic (exact) mass is 237 g/mol. The second-order valence-corrected chi connectivity index (χ2v) is 4.69. The number of carboxylic acid groups (broad SMARTS) is 1. The zero-order chi connectivity index (χ0) is 12.4. The van der Waals surface area contributed by atoms with Gasteiger partial charge in [-0.15, -0.1) is 0 Å². The summed E-state index contributed by atoms with van der Waals surface area (Å²) in [6, 6.07) is 3.81. The van der Waals surface area contributed by atoms with E-state index in [1.165, 1.54) is 25.0 Å². The average molecular weight is 237 g/mol. The van der Waals surface area contributed by atoms with Crippen LogP contribution in [0.4, 0.5) is 10.1 Å². The normalized spacial score (nSPS) is 16.6. The number of aromatic carboxylic acids is 1. The first-order valence-corrected chi connectivity index (χ1v) is 5.84. The number of carbonyl (C=O) groups is 1. The molecule has 0 spiro atoms. The maximum atomic E-state index is 13.0. The van der Waals surface area contributed by atoms with Crippen molar-refractivity contribution in [2.75, 3.05) is 11.9 Å². The molecule has 92 valence electrons. The molecule has 1 aromatic carbocycles. The molecule has 0 heterocycles. The van der Waals surface area contributed by atoms with Crippen molar-refractivity contribution in [1.29, 1.82) is 0 Å². The fraction of sp³-hybridized carbons (Fsp3) is 0.462.